The number of hydrogen-bond acceptors (Lipinski definition) is 4. The molecule has 1 amide bonds. The molecule has 168 valence electrons. The molecule has 1 N–H and O–H groups in total. The van der Waals surface area contributed by atoms with E-state index in [1.165, 1.54) is 16.8 Å². The van der Waals surface area contributed by atoms with Gasteiger partial charge in [-0.15, -0.1) is 0 Å². The molecule has 9 heteroatoms. The van der Waals surface area contributed by atoms with Gasteiger partial charge in [-0.25, -0.2) is 18.4 Å². The highest BCUT2D eigenvalue weighted by molar-refractivity contribution is 5.93. The van der Waals surface area contributed by atoms with Gasteiger partial charge in [-0.3, -0.25) is 9.89 Å². The lowest BCUT2D eigenvalue weighted by Gasteiger charge is -2.31. The number of nitrogens with zero attached hydrogens (tertiary/aromatic N) is 5. The van der Waals surface area contributed by atoms with E-state index in [1.807, 2.05) is 30.3 Å². The van der Waals surface area contributed by atoms with Crippen molar-refractivity contribution in [2.24, 2.45) is 7.05 Å². The van der Waals surface area contributed by atoms with Crippen LogP contribution in [-0.2, 0) is 7.05 Å². The van der Waals surface area contributed by atoms with Crippen LogP contribution < -0.4 is 5.69 Å². The summed E-state index contributed by atoms with van der Waals surface area (Å²) in [6.07, 6.45) is 1.40. The summed E-state index contributed by atoms with van der Waals surface area (Å²) in [5, 5.41) is 11.5. The van der Waals surface area contributed by atoms with Crippen LogP contribution in [0.4, 0.5) is 4.39 Å². The minimum Gasteiger partial charge on any atom is -0.337 e. The third-order valence-electron chi connectivity index (χ3n) is 6.06. The second-order valence-electron chi connectivity index (χ2n) is 8.18. The van der Waals surface area contributed by atoms with Crippen molar-refractivity contribution >= 4 is 5.91 Å². The number of carbonyl (C=O) groups excluding carboxylic acids is 1. The van der Waals surface area contributed by atoms with Crippen LogP contribution in [0.25, 0.3) is 16.9 Å². The van der Waals surface area contributed by atoms with Gasteiger partial charge in [-0.1, -0.05) is 18.2 Å². The number of amides is 1. The number of aryl methyl sites for hydroxylation is 1. The van der Waals surface area contributed by atoms with Crippen LogP contribution >= 0.6 is 0 Å². The number of rotatable bonds is 4. The number of halogens is 1. The first kappa shape index (κ1) is 20.9. The minimum atomic E-state index is -0.320. The average molecular weight is 446 g/mol. The van der Waals surface area contributed by atoms with Gasteiger partial charge >= 0.3 is 5.69 Å². The molecular weight excluding hydrogens is 423 g/mol. The summed E-state index contributed by atoms with van der Waals surface area (Å²) in [7, 11) is 1.65. The number of benzene rings is 2. The Morgan fingerprint density at radius 2 is 1.76 bits per heavy atom. The van der Waals surface area contributed by atoms with Gasteiger partial charge in [0.15, 0.2) is 0 Å². The van der Waals surface area contributed by atoms with E-state index in [4.69, 9.17) is 0 Å². The number of H-pyrrole nitrogens is 1. The molecule has 0 atom stereocenters. The highest BCUT2D eigenvalue weighted by atomic mass is 19.1. The number of para-hydroxylation sites is 1. The zero-order valence-electron chi connectivity index (χ0n) is 18.1. The van der Waals surface area contributed by atoms with E-state index in [1.54, 1.807) is 34.7 Å². The number of aromatic nitrogens is 5. The van der Waals surface area contributed by atoms with Crippen LogP contribution in [0.5, 0.6) is 0 Å². The molecule has 2 aromatic heterocycles. The quantitative estimate of drug-likeness (QED) is 0.522. The highest BCUT2D eigenvalue weighted by Gasteiger charge is 2.29. The molecule has 3 heterocycles. The van der Waals surface area contributed by atoms with E-state index in [0.717, 1.165) is 17.1 Å². The molecule has 1 fully saturated rings. The van der Waals surface area contributed by atoms with E-state index in [9.17, 15) is 14.0 Å². The van der Waals surface area contributed by atoms with Gasteiger partial charge in [-0.05, 0) is 55.3 Å². The summed E-state index contributed by atoms with van der Waals surface area (Å²) in [6.45, 7) is 1.10. The standard InChI is InChI=1S/C24H23FN6O2/c1-29-24(33)31(19-5-3-2-4-6-19)22(28-29)17-11-13-30(14-12-17)23(32)21-15-20(26-27-21)16-7-9-18(25)10-8-16/h2-10,15,17H,11-14H2,1H3,(H,26,27). The van der Waals surface area contributed by atoms with E-state index in [0.29, 0.717) is 37.3 Å². The van der Waals surface area contributed by atoms with Crippen molar-refractivity contribution in [1.29, 1.82) is 0 Å². The Morgan fingerprint density at radius 3 is 2.45 bits per heavy atom. The fraction of sp³-hybridized carbons (Fsp3) is 0.250. The topological polar surface area (TPSA) is 88.8 Å². The molecule has 0 radical (unpaired) electrons. The number of hydrogen-bond donors (Lipinski definition) is 1. The Labute approximate surface area is 189 Å². The van der Waals surface area contributed by atoms with E-state index in [-0.39, 0.29) is 23.3 Å². The molecule has 1 aliphatic rings. The second kappa shape index (κ2) is 8.50. The summed E-state index contributed by atoms with van der Waals surface area (Å²) in [4.78, 5) is 27.5. The van der Waals surface area contributed by atoms with Crippen LogP contribution in [-0.4, -0.2) is 48.4 Å². The lowest BCUT2D eigenvalue weighted by molar-refractivity contribution is 0.0704. The maximum Gasteiger partial charge on any atom is 0.350 e. The largest absolute Gasteiger partial charge is 0.350 e. The van der Waals surface area contributed by atoms with E-state index < -0.39 is 0 Å². The molecular formula is C24H23FN6O2. The van der Waals surface area contributed by atoms with Crippen LogP contribution in [0.1, 0.15) is 35.1 Å². The summed E-state index contributed by atoms with van der Waals surface area (Å²) in [5.74, 6) is 0.343. The molecule has 1 saturated heterocycles. The first-order chi connectivity index (χ1) is 16.0. The molecule has 0 saturated carbocycles. The zero-order chi connectivity index (χ0) is 22.9. The zero-order valence-corrected chi connectivity index (χ0v) is 18.1. The van der Waals surface area contributed by atoms with Gasteiger partial charge in [0.2, 0.25) is 0 Å². The van der Waals surface area contributed by atoms with Crippen LogP contribution in [0, 0.1) is 5.82 Å². The fourth-order valence-corrected chi connectivity index (χ4v) is 4.28. The monoisotopic (exact) mass is 446 g/mol. The van der Waals surface area contributed by atoms with Gasteiger partial charge in [0.05, 0.1) is 11.4 Å². The molecule has 0 bridgehead atoms. The second-order valence-corrected chi connectivity index (χ2v) is 8.18. The van der Waals surface area contributed by atoms with Crippen molar-refractivity contribution in [2.45, 2.75) is 18.8 Å². The third-order valence-corrected chi connectivity index (χ3v) is 6.06. The number of carbonyl (C=O) groups is 1. The fourth-order valence-electron chi connectivity index (χ4n) is 4.28. The average Bonchev–Trinajstić information content (AvgIpc) is 3.45. The third kappa shape index (κ3) is 3.97. The molecule has 0 spiro atoms. The molecule has 33 heavy (non-hydrogen) atoms. The Balaban J connectivity index is 1.30. The normalized spacial score (nSPS) is 14.5. The smallest absolute Gasteiger partial charge is 0.337 e. The molecule has 2 aromatic carbocycles. The lowest BCUT2D eigenvalue weighted by Crippen LogP contribution is -2.38. The first-order valence-corrected chi connectivity index (χ1v) is 10.8. The maximum atomic E-state index is 13.2. The van der Waals surface area contributed by atoms with Crippen molar-refractivity contribution < 1.29 is 9.18 Å². The maximum absolute atomic E-state index is 13.2. The number of likely N-dealkylation sites (tertiary alicyclic amines) is 1. The minimum absolute atomic E-state index is 0.0692. The van der Waals surface area contributed by atoms with Crippen molar-refractivity contribution in [3.8, 4) is 16.9 Å². The van der Waals surface area contributed by atoms with Gasteiger partial charge in [0.25, 0.3) is 5.91 Å². The van der Waals surface area contributed by atoms with Crippen molar-refractivity contribution in [3.05, 3.63) is 88.5 Å². The summed E-state index contributed by atoms with van der Waals surface area (Å²) >= 11 is 0. The molecule has 1 aliphatic heterocycles. The Kier molecular flexibility index (Phi) is 5.37. The van der Waals surface area contributed by atoms with Crippen LogP contribution in [0.2, 0.25) is 0 Å². The highest BCUT2D eigenvalue weighted by Crippen LogP contribution is 2.28. The number of nitrogens with one attached hydrogen (secondary N) is 1. The molecule has 4 aromatic rings. The lowest BCUT2D eigenvalue weighted by atomic mass is 9.95. The van der Waals surface area contributed by atoms with Crippen molar-refractivity contribution in [2.75, 3.05) is 13.1 Å². The van der Waals surface area contributed by atoms with Gasteiger partial charge < -0.3 is 4.90 Å². The molecule has 0 aliphatic carbocycles. The van der Waals surface area contributed by atoms with E-state index in [2.05, 4.69) is 15.3 Å². The van der Waals surface area contributed by atoms with Gasteiger partial charge in [0, 0.05) is 31.6 Å². The molecule has 0 unspecified atom stereocenters. The van der Waals surface area contributed by atoms with Gasteiger partial charge in [-0.2, -0.15) is 10.2 Å². The summed E-state index contributed by atoms with van der Waals surface area (Å²) in [6, 6.07) is 17.2. The summed E-state index contributed by atoms with van der Waals surface area (Å²) < 4.78 is 16.2. The molecule has 5 rings (SSSR count). The van der Waals surface area contributed by atoms with Crippen molar-refractivity contribution in [1.82, 2.24) is 29.4 Å². The first-order valence-electron chi connectivity index (χ1n) is 10.8. The number of aromatic amines is 1. The predicted octanol–water partition coefficient (Wildman–Crippen LogP) is 3.12. The Hall–Kier alpha value is -4.01. The van der Waals surface area contributed by atoms with Crippen LogP contribution in [0.15, 0.2) is 65.5 Å². The summed E-state index contributed by atoms with van der Waals surface area (Å²) in [5.41, 5.74) is 2.33. The Morgan fingerprint density at radius 1 is 1.06 bits per heavy atom. The Bertz CT molecular complexity index is 1330. The SMILES string of the molecule is Cn1nc(C2CCN(C(=O)c3cc(-c4ccc(F)cc4)n[nH]3)CC2)n(-c2ccccc2)c1=O. The van der Waals surface area contributed by atoms with Crippen LogP contribution in [0.3, 0.4) is 0 Å². The number of piperidine rings is 1. The predicted molar refractivity (Wildman–Crippen MR) is 121 cm³/mol. The van der Waals surface area contributed by atoms with Gasteiger partial charge in [0.1, 0.15) is 17.3 Å². The molecule has 8 nitrogen and oxygen atoms in total. The van der Waals surface area contributed by atoms with E-state index >= 15 is 0 Å². The van der Waals surface area contributed by atoms with Crippen molar-refractivity contribution in [3.63, 3.8) is 0 Å².